The molecule has 2 N–H and O–H groups in total. The molecule has 0 saturated heterocycles. The summed E-state index contributed by atoms with van der Waals surface area (Å²) in [6, 6.07) is 5.62. The minimum Gasteiger partial charge on any atom is -0.294 e. The van der Waals surface area contributed by atoms with Gasteiger partial charge in [0.05, 0.1) is 5.02 Å². The highest BCUT2D eigenvalue weighted by molar-refractivity contribution is 9.10. The Bertz CT molecular complexity index is 314. The van der Waals surface area contributed by atoms with Gasteiger partial charge in [-0.1, -0.05) is 17.7 Å². The molecular formula is C9H11BrClNO. The van der Waals surface area contributed by atoms with E-state index in [2.05, 4.69) is 15.9 Å². The van der Waals surface area contributed by atoms with E-state index in [9.17, 15) is 0 Å². The molecule has 0 fully saturated rings. The SMILES string of the molecule is CC(C)(ON)c1ccc(Br)c(Cl)c1. The average Bonchev–Trinajstić information content (AvgIpc) is 2.09. The van der Waals surface area contributed by atoms with Gasteiger partial charge in [0, 0.05) is 4.47 Å². The number of nitrogens with two attached hydrogens (primary N) is 1. The molecule has 0 atom stereocenters. The molecular weight excluding hydrogens is 253 g/mol. The van der Waals surface area contributed by atoms with Gasteiger partial charge in [-0.25, -0.2) is 5.90 Å². The van der Waals surface area contributed by atoms with Gasteiger partial charge in [0.25, 0.3) is 0 Å². The van der Waals surface area contributed by atoms with Crippen LogP contribution in [0.15, 0.2) is 22.7 Å². The van der Waals surface area contributed by atoms with Crippen LogP contribution in [0.3, 0.4) is 0 Å². The second-order valence-electron chi connectivity index (χ2n) is 3.26. The number of benzene rings is 1. The molecule has 1 rings (SSSR count). The molecule has 0 aliphatic carbocycles. The number of halogens is 2. The van der Waals surface area contributed by atoms with E-state index in [0.29, 0.717) is 5.02 Å². The third kappa shape index (κ3) is 2.44. The van der Waals surface area contributed by atoms with Gasteiger partial charge in [-0.15, -0.1) is 0 Å². The first kappa shape index (κ1) is 11.0. The normalized spacial score (nSPS) is 11.8. The summed E-state index contributed by atoms with van der Waals surface area (Å²) in [7, 11) is 0. The summed E-state index contributed by atoms with van der Waals surface area (Å²) < 4.78 is 0.866. The maximum Gasteiger partial charge on any atom is 0.109 e. The summed E-state index contributed by atoms with van der Waals surface area (Å²) in [6.45, 7) is 3.76. The monoisotopic (exact) mass is 263 g/mol. The number of hydrogen-bond acceptors (Lipinski definition) is 2. The maximum atomic E-state index is 5.93. The van der Waals surface area contributed by atoms with Crippen molar-refractivity contribution >= 4 is 27.5 Å². The number of hydrogen-bond donors (Lipinski definition) is 1. The summed E-state index contributed by atoms with van der Waals surface area (Å²) in [4.78, 5) is 4.84. The Morgan fingerprint density at radius 3 is 2.54 bits per heavy atom. The van der Waals surface area contributed by atoms with Gasteiger partial charge in [0.15, 0.2) is 0 Å². The Balaban J connectivity index is 3.10. The Kier molecular flexibility index (Phi) is 3.35. The van der Waals surface area contributed by atoms with E-state index in [1.807, 2.05) is 32.0 Å². The molecule has 13 heavy (non-hydrogen) atoms. The zero-order chi connectivity index (χ0) is 10.1. The molecule has 1 aromatic carbocycles. The van der Waals surface area contributed by atoms with Crippen LogP contribution in [0.1, 0.15) is 19.4 Å². The molecule has 0 bridgehead atoms. The highest BCUT2D eigenvalue weighted by Gasteiger charge is 2.20. The van der Waals surface area contributed by atoms with E-state index >= 15 is 0 Å². The van der Waals surface area contributed by atoms with E-state index in [1.165, 1.54) is 0 Å². The van der Waals surface area contributed by atoms with Gasteiger partial charge in [-0.05, 0) is 47.5 Å². The Morgan fingerprint density at radius 1 is 1.46 bits per heavy atom. The van der Waals surface area contributed by atoms with Crippen molar-refractivity contribution in [3.05, 3.63) is 33.3 Å². The summed E-state index contributed by atoms with van der Waals surface area (Å²) in [5, 5.41) is 0.655. The minimum absolute atomic E-state index is 0.510. The minimum atomic E-state index is -0.510. The van der Waals surface area contributed by atoms with Crippen LogP contribution in [0.25, 0.3) is 0 Å². The molecule has 0 unspecified atom stereocenters. The summed E-state index contributed by atoms with van der Waals surface area (Å²) in [5.41, 5.74) is 0.438. The highest BCUT2D eigenvalue weighted by atomic mass is 79.9. The average molecular weight is 265 g/mol. The van der Waals surface area contributed by atoms with Crippen molar-refractivity contribution in [3.8, 4) is 0 Å². The van der Waals surface area contributed by atoms with Gasteiger partial charge in [0.2, 0.25) is 0 Å². The van der Waals surface area contributed by atoms with E-state index < -0.39 is 5.60 Å². The largest absolute Gasteiger partial charge is 0.294 e. The standard InChI is InChI=1S/C9H11BrClNO/c1-9(2,13-12)6-3-4-7(10)8(11)5-6/h3-5H,12H2,1-2H3. The van der Waals surface area contributed by atoms with E-state index in [0.717, 1.165) is 10.0 Å². The molecule has 0 aliphatic heterocycles. The van der Waals surface area contributed by atoms with Crippen LogP contribution >= 0.6 is 27.5 Å². The van der Waals surface area contributed by atoms with Gasteiger partial charge >= 0.3 is 0 Å². The fraction of sp³-hybridized carbons (Fsp3) is 0.333. The van der Waals surface area contributed by atoms with Crippen molar-refractivity contribution in [1.82, 2.24) is 0 Å². The topological polar surface area (TPSA) is 35.2 Å². The molecule has 1 aromatic rings. The summed E-state index contributed by atoms with van der Waals surface area (Å²) in [5.74, 6) is 5.17. The van der Waals surface area contributed by atoms with Gasteiger partial charge in [0.1, 0.15) is 5.60 Å². The summed E-state index contributed by atoms with van der Waals surface area (Å²) >= 11 is 9.25. The van der Waals surface area contributed by atoms with Gasteiger partial charge in [-0.3, -0.25) is 4.84 Å². The Hall–Kier alpha value is -0.0900. The quantitative estimate of drug-likeness (QED) is 0.833. The smallest absolute Gasteiger partial charge is 0.109 e. The van der Waals surface area contributed by atoms with Crippen molar-refractivity contribution in [2.45, 2.75) is 19.4 Å². The zero-order valence-electron chi connectivity index (χ0n) is 7.47. The fourth-order valence-electron chi connectivity index (χ4n) is 0.939. The molecule has 0 heterocycles. The van der Waals surface area contributed by atoms with Crippen molar-refractivity contribution < 1.29 is 4.84 Å². The lowest BCUT2D eigenvalue weighted by Gasteiger charge is -2.22. The lowest BCUT2D eigenvalue weighted by atomic mass is 9.99. The van der Waals surface area contributed by atoms with Crippen LogP contribution in [-0.4, -0.2) is 0 Å². The molecule has 0 saturated carbocycles. The van der Waals surface area contributed by atoms with Crippen molar-refractivity contribution in [3.63, 3.8) is 0 Å². The predicted octanol–water partition coefficient (Wildman–Crippen LogP) is 3.23. The molecule has 0 radical (unpaired) electrons. The third-order valence-corrected chi connectivity index (χ3v) is 3.14. The Morgan fingerprint density at radius 2 is 2.08 bits per heavy atom. The second kappa shape index (κ2) is 3.96. The van der Waals surface area contributed by atoms with E-state index in [1.54, 1.807) is 0 Å². The second-order valence-corrected chi connectivity index (χ2v) is 4.52. The van der Waals surface area contributed by atoms with Crippen LogP contribution in [0, 0.1) is 0 Å². The van der Waals surface area contributed by atoms with Gasteiger partial charge in [-0.2, -0.15) is 0 Å². The predicted molar refractivity (Wildman–Crippen MR) is 57.5 cm³/mol. The number of rotatable bonds is 2. The molecule has 72 valence electrons. The molecule has 0 amide bonds. The first-order valence-electron chi connectivity index (χ1n) is 3.81. The van der Waals surface area contributed by atoms with Crippen LogP contribution < -0.4 is 5.90 Å². The van der Waals surface area contributed by atoms with E-state index in [4.69, 9.17) is 22.3 Å². The van der Waals surface area contributed by atoms with Crippen molar-refractivity contribution in [2.75, 3.05) is 0 Å². The Labute approximate surface area is 91.1 Å². The molecule has 2 nitrogen and oxygen atoms in total. The molecule has 0 aliphatic rings. The lowest BCUT2D eigenvalue weighted by molar-refractivity contribution is -0.0236. The van der Waals surface area contributed by atoms with Gasteiger partial charge < -0.3 is 0 Å². The van der Waals surface area contributed by atoms with Crippen LogP contribution in [0.5, 0.6) is 0 Å². The first-order valence-corrected chi connectivity index (χ1v) is 4.98. The van der Waals surface area contributed by atoms with E-state index in [-0.39, 0.29) is 0 Å². The molecule has 0 aromatic heterocycles. The lowest BCUT2D eigenvalue weighted by Crippen LogP contribution is -2.25. The third-order valence-electron chi connectivity index (χ3n) is 1.91. The first-order chi connectivity index (χ1) is 5.97. The molecule has 0 spiro atoms. The maximum absolute atomic E-state index is 5.93. The van der Waals surface area contributed by atoms with Crippen molar-refractivity contribution in [2.24, 2.45) is 5.90 Å². The summed E-state index contributed by atoms with van der Waals surface area (Å²) in [6.07, 6.45) is 0. The highest BCUT2D eigenvalue weighted by Crippen LogP contribution is 2.29. The molecule has 4 heteroatoms. The van der Waals surface area contributed by atoms with Crippen LogP contribution in [-0.2, 0) is 10.4 Å². The van der Waals surface area contributed by atoms with Crippen LogP contribution in [0.2, 0.25) is 5.02 Å². The fourth-order valence-corrected chi connectivity index (χ4v) is 1.37. The zero-order valence-corrected chi connectivity index (χ0v) is 9.82. The van der Waals surface area contributed by atoms with Crippen LogP contribution in [0.4, 0.5) is 0 Å². The van der Waals surface area contributed by atoms with Crippen molar-refractivity contribution in [1.29, 1.82) is 0 Å².